The van der Waals surface area contributed by atoms with E-state index in [1.807, 2.05) is 28.9 Å². The molecule has 1 heterocycles. The van der Waals surface area contributed by atoms with E-state index >= 15 is 0 Å². The van der Waals surface area contributed by atoms with Crippen LogP contribution in [0.25, 0.3) is 5.69 Å². The number of carbonyl (C=O) groups excluding carboxylic acids is 2. The third-order valence-corrected chi connectivity index (χ3v) is 5.29. The van der Waals surface area contributed by atoms with Gasteiger partial charge >= 0.3 is 0 Å². The maximum atomic E-state index is 12.9. The van der Waals surface area contributed by atoms with E-state index in [-0.39, 0.29) is 11.8 Å². The van der Waals surface area contributed by atoms with Crippen molar-refractivity contribution < 1.29 is 9.59 Å². The van der Waals surface area contributed by atoms with Crippen LogP contribution in [0.3, 0.4) is 0 Å². The maximum absolute atomic E-state index is 12.9. The first-order valence-electron chi connectivity index (χ1n) is 9.84. The highest BCUT2D eigenvalue weighted by Crippen LogP contribution is 2.28. The molecule has 148 valence electrons. The van der Waals surface area contributed by atoms with Crippen LogP contribution in [0.2, 0.25) is 0 Å². The van der Waals surface area contributed by atoms with Gasteiger partial charge in [-0.05, 0) is 56.0 Å². The lowest BCUT2D eigenvalue weighted by molar-refractivity contribution is 0.0943. The molecule has 0 fully saturated rings. The summed E-state index contributed by atoms with van der Waals surface area (Å²) in [6, 6.07) is 15.4. The van der Waals surface area contributed by atoms with Crippen molar-refractivity contribution in [3.63, 3.8) is 0 Å². The fourth-order valence-electron chi connectivity index (χ4n) is 3.75. The minimum Gasteiger partial charge on any atom is -0.355 e. The number of hydrogen-bond acceptors (Lipinski definition) is 3. The van der Waals surface area contributed by atoms with Crippen LogP contribution < -0.4 is 10.6 Å². The van der Waals surface area contributed by atoms with Crippen molar-refractivity contribution in [2.24, 2.45) is 0 Å². The van der Waals surface area contributed by atoms with Crippen LogP contribution in [-0.2, 0) is 19.4 Å². The zero-order valence-electron chi connectivity index (χ0n) is 16.7. The van der Waals surface area contributed by atoms with Gasteiger partial charge in [-0.15, -0.1) is 0 Å². The standard InChI is InChI=1S/C23H24N4O2/c1-15-9-11-18(12-10-15)27-20-8-4-7-19(20)21(26-27)23(29)25-14-16-5-3-6-17(13-16)22(28)24-2/h3,5-6,9-13H,4,7-8,14H2,1-2H3,(H,24,28)(H,25,29). The summed E-state index contributed by atoms with van der Waals surface area (Å²) in [6.45, 7) is 2.39. The quantitative estimate of drug-likeness (QED) is 0.706. The van der Waals surface area contributed by atoms with Crippen LogP contribution >= 0.6 is 0 Å². The molecular weight excluding hydrogens is 364 g/mol. The number of aromatic nitrogens is 2. The predicted octanol–water partition coefficient (Wildman–Crippen LogP) is 2.96. The van der Waals surface area contributed by atoms with E-state index in [0.29, 0.717) is 17.8 Å². The average molecular weight is 388 g/mol. The number of rotatable bonds is 5. The van der Waals surface area contributed by atoms with Crippen molar-refractivity contribution in [1.82, 2.24) is 20.4 Å². The Morgan fingerprint density at radius 1 is 1.07 bits per heavy atom. The number of nitrogens with zero attached hydrogens (tertiary/aromatic N) is 2. The normalized spacial score (nSPS) is 12.5. The molecule has 2 amide bonds. The Bertz CT molecular complexity index is 1070. The molecule has 0 unspecified atom stereocenters. The van der Waals surface area contributed by atoms with Gasteiger partial charge in [-0.1, -0.05) is 29.8 Å². The summed E-state index contributed by atoms with van der Waals surface area (Å²) in [5, 5.41) is 10.2. The van der Waals surface area contributed by atoms with E-state index < -0.39 is 0 Å². The fraction of sp³-hybridized carbons (Fsp3) is 0.261. The van der Waals surface area contributed by atoms with Gasteiger partial charge in [0.2, 0.25) is 0 Å². The highest BCUT2D eigenvalue weighted by molar-refractivity contribution is 5.95. The number of aryl methyl sites for hydroxylation is 1. The van der Waals surface area contributed by atoms with Gasteiger partial charge in [0.15, 0.2) is 5.69 Å². The first-order chi connectivity index (χ1) is 14.1. The highest BCUT2D eigenvalue weighted by atomic mass is 16.2. The van der Waals surface area contributed by atoms with Crippen LogP contribution in [0.1, 0.15) is 49.7 Å². The second-order valence-electron chi connectivity index (χ2n) is 7.34. The molecule has 6 nitrogen and oxygen atoms in total. The smallest absolute Gasteiger partial charge is 0.272 e. The Hall–Kier alpha value is -3.41. The molecule has 2 aromatic carbocycles. The largest absolute Gasteiger partial charge is 0.355 e. The number of hydrogen-bond donors (Lipinski definition) is 2. The Kier molecular flexibility index (Phi) is 5.16. The zero-order valence-corrected chi connectivity index (χ0v) is 16.7. The Labute approximate surface area is 169 Å². The molecule has 0 aliphatic heterocycles. The van der Waals surface area contributed by atoms with Gasteiger partial charge in [-0.25, -0.2) is 4.68 Å². The van der Waals surface area contributed by atoms with Gasteiger partial charge < -0.3 is 10.6 Å². The molecular formula is C23H24N4O2. The summed E-state index contributed by atoms with van der Waals surface area (Å²) in [4.78, 5) is 24.7. The van der Waals surface area contributed by atoms with Crippen molar-refractivity contribution in [1.29, 1.82) is 0 Å². The van der Waals surface area contributed by atoms with E-state index in [1.54, 1.807) is 19.2 Å². The maximum Gasteiger partial charge on any atom is 0.272 e. The molecule has 0 saturated heterocycles. The van der Waals surface area contributed by atoms with Gasteiger partial charge in [0, 0.05) is 30.4 Å². The Morgan fingerprint density at radius 2 is 1.86 bits per heavy atom. The van der Waals surface area contributed by atoms with Crippen LogP contribution in [-0.4, -0.2) is 28.6 Å². The minimum atomic E-state index is -0.181. The average Bonchev–Trinajstić information content (AvgIpc) is 3.35. The lowest BCUT2D eigenvalue weighted by Crippen LogP contribution is -2.25. The fourth-order valence-corrected chi connectivity index (χ4v) is 3.75. The van der Waals surface area contributed by atoms with Crippen LogP contribution in [0.4, 0.5) is 0 Å². The van der Waals surface area contributed by atoms with Crippen LogP contribution in [0, 0.1) is 6.92 Å². The summed E-state index contributed by atoms with van der Waals surface area (Å²) in [7, 11) is 1.60. The molecule has 3 aromatic rings. The molecule has 1 aliphatic carbocycles. The molecule has 0 bridgehead atoms. The summed E-state index contributed by atoms with van der Waals surface area (Å²) in [6.07, 6.45) is 2.83. The molecule has 0 atom stereocenters. The predicted molar refractivity (Wildman–Crippen MR) is 111 cm³/mol. The first-order valence-corrected chi connectivity index (χ1v) is 9.84. The van der Waals surface area contributed by atoms with Crippen molar-refractivity contribution in [3.05, 3.63) is 82.2 Å². The van der Waals surface area contributed by atoms with Gasteiger partial charge in [0.1, 0.15) is 0 Å². The molecule has 29 heavy (non-hydrogen) atoms. The number of nitrogens with one attached hydrogen (secondary N) is 2. The second-order valence-corrected chi connectivity index (χ2v) is 7.34. The zero-order chi connectivity index (χ0) is 20.4. The molecule has 1 aliphatic rings. The molecule has 0 spiro atoms. The molecule has 0 saturated carbocycles. The number of fused-ring (bicyclic) bond motifs is 1. The van der Waals surface area contributed by atoms with Crippen molar-refractivity contribution in [3.8, 4) is 5.69 Å². The van der Waals surface area contributed by atoms with E-state index in [1.165, 1.54) is 5.56 Å². The van der Waals surface area contributed by atoms with E-state index in [9.17, 15) is 9.59 Å². The second kappa shape index (κ2) is 7.91. The van der Waals surface area contributed by atoms with Gasteiger partial charge in [0.25, 0.3) is 11.8 Å². The molecule has 2 N–H and O–H groups in total. The minimum absolute atomic E-state index is 0.146. The summed E-state index contributed by atoms with van der Waals surface area (Å²) < 4.78 is 1.91. The van der Waals surface area contributed by atoms with Gasteiger partial charge in [0.05, 0.1) is 5.69 Å². The molecule has 0 radical (unpaired) electrons. The summed E-state index contributed by atoms with van der Waals surface area (Å²) >= 11 is 0. The van der Waals surface area contributed by atoms with Crippen molar-refractivity contribution in [2.75, 3.05) is 7.05 Å². The van der Waals surface area contributed by atoms with Gasteiger partial charge in [-0.2, -0.15) is 5.10 Å². The third-order valence-electron chi connectivity index (χ3n) is 5.29. The lowest BCUT2D eigenvalue weighted by atomic mass is 10.1. The topological polar surface area (TPSA) is 76.0 Å². The SMILES string of the molecule is CNC(=O)c1cccc(CNC(=O)c2nn(-c3ccc(C)cc3)c3c2CCC3)c1. The first kappa shape index (κ1) is 18.9. The van der Waals surface area contributed by atoms with E-state index in [2.05, 4.69) is 34.8 Å². The van der Waals surface area contributed by atoms with Crippen LogP contribution in [0.5, 0.6) is 0 Å². The third kappa shape index (κ3) is 3.78. The number of benzene rings is 2. The number of carbonyl (C=O) groups is 2. The molecule has 6 heteroatoms. The van der Waals surface area contributed by atoms with E-state index in [4.69, 9.17) is 0 Å². The van der Waals surface area contributed by atoms with Crippen molar-refractivity contribution >= 4 is 11.8 Å². The lowest BCUT2D eigenvalue weighted by Gasteiger charge is -2.07. The van der Waals surface area contributed by atoms with Crippen molar-refractivity contribution in [2.45, 2.75) is 32.7 Å². The Balaban J connectivity index is 1.55. The van der Waals surface area contributed by atoms with Crippen LogP contribution in [0.15, 0.2) is 48.5 Å². The van der Waals surface area contributed by atoms with Gasteiger partial charge in [-0.3, -0.25) is 9.59 Å². The highest BCUT2D eigenvalue weighted by Gasteiger charge is 2.26. The number of amides is 2. The summed E-state index contributed by atoms with van der Waals surface area (Å²) in [5.41, 5.74) is 6.28. The monoisotopic (exact) mass is 388 g/mol. The summed E-state index contributed by atoms with van der Waals surface area (Å²) in [5.74, 6) is -0.327. The molecule has 4 rings (SSSR count). The van der Waals surface area contributed by atoms with E-state index in [0.717, 1.165) is 41.8 Å². The Morgan fingerprint density at radius 3 is 2.62 bits per heavy atom. The molecule has 1 aromatic heterocycles.